The van der Waals surface area contributed by atoms with E-state index in [-0.39, 0.29) is 5.00 Å². The quantitative estimate of drug-likeness (QED) is 0.293. The molecule has 3 unspecified atom stereocenters. The first-order valence-corrected chi connectivity index (χ1v) is 7.86. The fourth-order valence-corrected chi connectivity index (χ4v) is 3.71. The average Bonchev–Trinajstić information content (AvgIpc) is 3.13. The van der Waals surface area contributed by atoms with Gasteiger partial charge in [0.2, 0.25) is 0 Å². The normalized spacial score (nSPS) is 26.4. The standard InChI is InChI=1S/C13H14N4O2S2/c18-17(19)12-4-3-10(21-12)7-14-16-13(20)15-11-6-8-1-2-9(11)5-8/h1-4,7-9,11H,5-6H2,(H2,15,16,20). The van der Waals surface area contributed by atoms with Gasteiger partial charge in [-0.1, -0.05) is 23.5 Å². The van der Waals surface area contributed by atoms with Crippen LogP contribution in [0.25, 0.3) is 0 Å². The molecule has 0 saturated heterocycles. The molecule has 0 spiro atoms. The Balaban J connectivity index is 1.48. The lowest BCUT2D eigenvalue weighted by Crippen LogP contribution is -2.42. The number of nitrogens with one attached hydrogen (secondary N) is 2. The Bertz CT molecular complexity index is 625. The van der Waals surface area contributed by atoms with Gasteiger partial charge in [-0.15, -0.1) is 0 Å². The second-order valence-corrected chi connectivity index (χ2v) is 6.67. The largest absolute Gasteiger partial charge is 0.358 e. The maximum Gasteiger partial charge on any atom is 0.324 e. The van der Waals surface area contributed by atoms with Crippen molar-refractivity contribution in [3.63, 3.8) is 0 Å². The lowest BCUT2D eigenvalue weighted by Gasteiger charge is -2.20. The molecule has 1 aromatic rings. The monoisotopic (exact) mass is 322 g/mol. The number of hydrogen-bond donors (Lipinski definition) is 2. The zero-order valence-electron chi connectivity index (χ0n) is 11.1. The van der Waals surface area contributed by atoms with Crippen molar-refractivity contribution in [3.05, 3.63) is 39.3 Å². The van der Waals surface area contributed by atoms with Crippen LogP contribution in [0.2, 0.25) is 0 Å². The van der Waals surface area contributed by atoms with Gasteiger partial charge in [0.15, 0.2) is 5.11 Å². The van der Waals surface area contributed by atoms with Crippen LogP contribution < -0.4 is 10.7 Å². The van der Waals surface area contributed by atoms with Crippen LogP contribution in [0, 0.1) is 22.0 Å². The second kappa shape index (κ2) is 5.90. The Morgan fingerprint density at radius 2 is 2.33 bits per heavy atom. The van der Waals surface area contributed by atoms with Crippen LogP contribution in [0.4, 0.5) is 5.00 Å². The van der Waals surface area contributed by atoms with Crippen LogP contribution in [-0.4, -0.2) is 22.3 Å². The summed E-state index contributed by atoms with van der Waals surface area (Å²) < 4.78 is 0. The van der Waals surface area contributed by atoms with Crippen molar-refractivity contribution >= 4 is 39.9 Å². The Morgan fingerprint density at radius 3 is 2.95 bits per heavy atom. The molecule has 3 rings (SSSR count). The van der Waals surface area contributed by atoms with E-state index >= 15 is 0 Å². The molecule has 2 N–H and O–H groups in total. The third kappa shape index (κ3) is 3.27. The fraction of sp³-hybridized carbons (Fsp3) is 0.385. The molecular formula is C13H14N4O2S2. The van der Waals surface area contributed by atoms with E-state index in [0.29, 0.717) is 27.9 Å². The first kappa shape index (κ1) is 14.2. The average molecular weight is 322 g/mol. The van der Waals surface area contributed by atoms with Crippen LogP contribution in [0.15, 0.2) is 29.4 Å². The highest BCUT2D eigenvalue weighted by molar-refractivity contribution is 7.80. The number of nitrogens with zero attached hydrogens (tertiary/aromatic N) is 2. The fourth-order valence-electron chi connectivity index (χ4n) is 2.81. The van der Waals surface area contributed by atoms with Gasteiger partial charge in [0.1, 0.15) is 0 Å². The van der Waals surface area contributed by atoms with Crippen molar-refractivity contribution in [1.82, 2.24) is 10.7 Å². The number of rotatable bonds is 4. The summed E-state index contributed by atoms with van der Waals surface area (Å²) in [6, 6.07) is 3.51. The van der Waals surface area contributed by atoms with Gasteiger partial charge < -0.3 is 5.32 Å². The lowest BCUT2D eigenvalue weighted by atomic mass is 10.0. The maximum atomic E-state index is 10.6. The van der Waals surface area contributed by atoms with E-state index in [4.69, 9.17) is 12.2 Å². The Morgan fingerprint density at radius 1 is 1.48 bits per heavy atom. The van der Waals surface area contributed by atoms with Gasteiger partial charge in [-0.05, 0) is 43.0 Å². The summed E-state index contributed by atoms with van der Waals surface area (Å²) in [4.78, 5) is 10.9. The van der Waals surface area contributed by atoms with E-state index < -0.39 is 4.92 Å². The maximum absolute atomic E-state index is 10.6. The minimum absolute atomic E-state index is 0.103. The summed E-state index contributed by atoms with van der Waals surface area (Å²) in [6.45, 7) is 0. The summed E-state index contributed by atoms with van der Waals surface area (Å²) in [5.41, 5.74) is 2.76. The molecule has 3 atom stereocenters. The van der Waals surface area contributed by atoms with Crippen LogP contribution in [0.1, 0.15) is 17.7 Å². The third-order valence-corrected chi connectivity index (χ3v) is 4.93. The van der Waals surface area contributed by atoms with Crippen molar-refractivity contribution < 1.29 is 4.92 Å². The SMILES string of the molecule is O=[N+]([O-])c1ccc(C=NNC(=S)NC2CC3C=CC2C3)s1. The van der Waals surface area contributed by atoms with Gasteiger partial charge >= 0.3 is 5.00 Å². The molecule has 0 aliphatic heterocycles. The Kier molecular flexibility index (Phi) is 3.98. The van der Waals surface area contributed by atoms with Gasteiger partial charge in [0, 0.05) is 12.1 Å². The van der Waals surface area contributed by atoms with Crippen molar-refractivity contribution in [1.29, 1.82) is 0 Å². The molecule has 8 heteroatoms. The molecule has 2 bridgehead atoms. The van der Waals surface area contributed by atoms with E-state index in [1.807, 2.05) is 0 Å². The molecule has 1 fully saturated rings. The van der Waals surface area contributed by atoms with Crippen LogP contribution >= 0.6 is 23.6 Å². The number of hydrogen-bond acceptors (Lipinski definition) is 5. The zero-order valence-corrected chi connectivity index (χ0v) is 12.7. The number of allylic oxidation sites excluding steroid dienone is 1. The molecule has 2 aliphatic rings. The smallest absolute Gasteiger partial charge is 0.324 e. The zero-order chi connectivity index (χ0) is 14.8. The van der Waals surface area contributed by atoms with E-state index in [9.17, 15) is 10.1 Å². The molecular weight excluding hydrogens is 308 g/mol. The number of hydrazone groups is 1. The van der Waals surface area contributed by atoms with Gasteiger partial charge in [0.25, 0.3) is 0 Å². The van der Waals surface area contributed by atoms with Crippen molar-refractivity contribution in [2.45, 2.75) is 18.9 Å². The van der Waals surface area contributed by atoms with E-state index in [1.165, 1.54) is 18.7 Å². The third-order valence-electron chi connectivity index (χ3n) is 3.75. The molecule has 1 aromatic heterocycles. The highest BCUT2D eigenvalue weighted by Gasteiger charge is 2.35. The molecule has 0 amide bonds. The molecule has 0 radical (unpaired) electrons. The molecule has 1 saturated carbocycles. The lowest BCUT2D eigenvalue weighted by molar-refractivity contribution is -0.380. The topological polar surface area (TPSA) is 79.6 Å². The number of nitro groups is 1. The van der Waals surface area contributed by atoms with Gasteiger partial charge in [-0.2, -0.15) is 5.10 Å². The first-order valence-electron chi connectivity index (χ1n) is 6.64. The Hall–Kier alpha value is -1.80. The van der Waals surface area contributed by atoms with Crippen molar-refractivity contribution in [3.8, 4) is 0 Å². The number of thiocarbonyl (C=S) groups is 1. The molecule has 0 aromatic carbocycles. The van der Waals surface area contributed by atoms with Crippen molar-refractivity contribution in [2.75, 3.05) is 0 Å². The summed E-state index contributed by atoms with van der Waals surface area (Å²) >= 11 is 6.28. The molecule has 1 heterocycles. The number of fused-ring (bicyclic) bond motifs is 2. The number of thiophene rings is 1. The molecule has 110 valence electrons. The highest BCUT2D eigenvalue weighted by atomic mass is 32.1. The summed E-state index contributed by atoms with van der Waals surface area (Å²) in [5, 5.41) is 18.4. The van der Waals surface area contributed by atoms with Crippen LogP contribution in [0.3, 0.4) is 0 Å². The van der Waals surface area contributed by atoms with Gasteiger partial charge in [-0.3, -0.25) is 15.5 Å². The second-order valence-electron chi connectivity index (χ2n) is 5.16. The van der Waals surface area contributed by atoms with Crippen molar-refractivity contribution in [2.24, 2.45) is 16.9 Å². The van der Waals surface area contributed by atoms with Gasteiger partial charge in [-0.25, -0.2) is 0 Å². The van der Waals surface area contributed by atoms with E-state index in [1.54, 1.807) is 6.07 Å². The first-order chi connectivity index (χ1) is 10.1. The van der Waals surface area contributed by atoms with Crippen LogP contribution in [0.5, 0.6) is 0 Å². The summed E-state index contributed by atoms with van der Waals surface area (Å²) in [5.74, 6) is 1.25. The highest BCUT2D eigenvalue weighted by Crippen LogP contribution is 2.38. The summed E-state index contributed by atoms with van der Waals surface area (Å²) in [7, 11) is 0. The van der Waals surface area contributed by atoms with Crippen LogP contribution in [-0.2, 0) is 0 Å². The minimum atomic E-state index is -0.412. The van der Waals surface area contributed by atoms with E-state index in [2.05, 4.69) is 28.0 Å². The predicted molar refractivity (Wildman–Crippen MR) is 86.6 cm³/mol. The molecule has 2 aliphatic carbocycles. The van der Waals surface area contributed by atoms with Gasteiger partial charge in [0.05, 0.1) is 16.0 Å². The Labute approximate surface area is 131 Å². The minimum Gasteiger partial charge on any atom is -0.358 e. The molecule has 6 nitrogen and oxygen atoms in total. The molecule has 21 heavy (non-hydrogen) atoms. The summed E-state index contributed by atoms with van der Waals surface area (Å²) in [6.07, 6.45) is 8.39. The van der Waals surface area contributed by atoms with E-state index in [0.717, 1.165) is 17.8 Å². The predicted octanol–water partition coefficient (Wildman–Crippen LogP) is 2.42.